The summed E-state index contributed by atoms with van der Waals surface area (Å²) in [5.41, 5.74) is 4.39. The van der Waals surface area contributed by atoms with E-state index in [2.05, 4.69) is 26.5 Å². The fourth-order valence-electron chi connectivity index (χ4n) is 0.808. The molecule has 0 N–H and O–H groups in total. The molecule has 0 aromatic rings. The van der Waals surface area contributed by atoms with Gasteiger partial charge in [-0.25, -0.2) is 0 Å². The van der Waals surface area contributed by atoms with Gasteiger partial charge in [-0.3, -0.25) is 4.79 Å². The molecule has 1 unspecified atom stereocenters. The molecule has 0 fully saturated rings. The summed E-state index contributed by atoms with van der Waals surface area (Å²) < 4.78 is 4.90. The molecule has 0 rings (SSSR count). The molecule has 15 heavy (non-hydrogen) atoms. The van der Waals surface area contributed by atoms with Gasteiger partial charge in [0.15, 0.2) is 0 Å². The Bertz CT molecular complexity index is 275. The maximum Gasteiger partial charge on any atom is 0.313 e. The van der Waals surface area contributed by atoms with Crippen LogP contribution in [0.2, 0.25) is 0 Å². The average Bonchev–Trinajstić information content (AvgIpc) is 2.12. The molecule has 0 bridgehead atoms. The number of rotatable bonds is 3. The Balaban J connectivity index is 4.58. The van der Waals surface area contributed by atoms with Crippen LogP contribution in [0.3, 0.4) is 0 Å². The van der Waals surface area contributed by atoms with Crippen LogP contribution in [0.5, 0.6) is 0 Å². The zero-order valence-corrected chi connectivity index (χ0v) is 10.7. The Morgan fingerprint density at radius 3 is 2.40 bits per heavy atom. The maximum atomic E-state index is 11.3. The van der Waals surface area contributed by atoms with Crippen molar-refractivity contribution in [3.05, 3.63) is 17.4 Å². The Morgan fingerprint density at radius 1 is 1.47 bits per heavy atom. The lowest BCUT2D eigenvalue weighted by Gasteiger charge is -2.17. The van der Waals surface area contributed by atoms with Crippen molar-refractivity contribution in [1.29, 1.82) is 0 Å². The largest absolute Gasteiger partial charge is 0.466 e. The average molecular weight is 210 g/mol. The fraction of sp³-hybridized carbons (Fsp3) is 0.692. The standard InChI is InChI=1S/C13H22O2/c1-7-15-12(14)10(2)8-9-11(3)13(4,5)6/h8,10H,7H2,1-6H3. The zero-order chi connectivity index (χ0) is 12.1. The summed E-state index contributed by atoms with van der Waals surface area (Å²) in [4.78, 5) is 11.3. The molecule has 0 saturated carbocycles. The number of esters is 1. The first-order chi connectivity index (χ1) is 6.79. The topological polar surface area (TPSA) is 26.3 Å². The maximum absolute atomic E-state index is 11.3. The van der Waals surface area contributed by atoms with E-state index >= 15 is 0 Å². The Kier molecular flexibility index (Phi) is 5.38. The first-order valence-corrected chi connectivity index (χ1v) is 5.39. The van der Waals surface area contributed by atoms with Crippen molar-refractivity contribution in [2.24, 2.45) is 11.3 Å². The monoisotopic (exact) mass is 210 g/mol. The lowest BCUT2D eigenvalue weighted by molar-refractivity contribution is -0.145. The quantitative estimate of drug-likeness (QED) is 0.527. The van der Waals surface area contributed by atoms with Crippen molar-refractivity contribution in [3.8, 4) is 0 Å². The fourth-order valence-corrected chi connectivity index (χ4v) is 0.808. The molecular formula is C13H22O2. The normalized spacial score (nSPS) is 12.7. The molecule has 0 heterocycles. The van der Waals surface area contributed by atoms with Gasteiger partial charge in [0.05, 0.1) is 12.5 Å². The molecule has 0 amide bonds. The first-order valence-electron chi connectivity index (χ1n) is 5.39. The lowest BCUT2D eigenvalue weighted by Crippen LogP contribution is -2.12. The van der Waals surface area contributed by atoms with Crippen LogP contribution < -0.4 is 0 Å². The highest BCUT2D eigenvalue weighted by Gasteiger charge is 2.13. The minimum absolute atomic E-state index is 0.102. The first kappa shape index (κ1) is 14.0. The van der Waals surface area contributed by atoms with E-state index in [-0.39, 0.29) is 17.3 Å². The zero-order valence-electron chi connectivity index (χ0n) is 10.7. The van der Waals surface area contributed by atoms with E-state index in [1.165, 1.54) is 0 Å². The van der Waals surface area contributed by atoms with E-state index in [1.807, 2.05) is 20.8 Å². The highest BCUT2D eigenvalue weighted by molar-refractivity contribution is 5.73. The number of hydrogen-bond donors (Lipinski definition) is 0. The highest BCUT2D eigenvalue weighted by atomic mass is 16.5. The predicted molar refractivity (Wildman–Crippen MR) is 62.5 cm³/mol. The van der Waals surface area contributed by atoms with Gasteiger partial charge in [-0.05, 0) is 37.8 Å². The smallest absolute Gasteiger partial charge is 0.313 e. The van der Waals surface area contributed by atoms with Gasteiger partial charge in [0.2, 0.25) is 0 Å². The van der Waals surface area contributed by atoms with Crippen LogP contribution in [-0.4, -0.2) is 12.6 Å². The minimum Gasteiger partial charge on any atom is -0.466 e. The predicted octanol–water partition coefficient (Wildman–Crippen LogP) is 3.33. The summed E-state index contributed by atoms with van der Waals surface area (Å²) in [6.45, 7) is 12.5. The summed E-state index contributed by atoms with van der Waals surface area (Å²) in [7, 11) is 0. The van der Waals surface area contributed by atoms with Crippen molar-refractivity contribution < 1.29 is 9.53 Å². The molecule has 0 aliphatic carbocycles. The molecular weight excluding hydrogens is 188 g/mol. The Morgan fingerprint density at radius 2 is 2.00 bits per heavy atom. The second-order valence-electron chi connectivity index (χ2n) is 4.73. The van der Waals surface area contributed by atoms with Crippen LogP contribution in [-0.2, 0) is 9.53 Å². The molecule has 2 nitrogen and oxygen atoms in total. The van der Waals surface area contributed by atoms with Gasteiger partial charge in [-0.15, -0.1) is 5.73 Å². The third-order valence-electron chi connectivity index (χ3n) is 2.33. The van der Waals surface area contributed by atoms with Crippen molar-refractivity contribution >= 4 is 5.97 Å². The van der Waals surface area contributed by atoms with Gasteiger partial charge >= 0.3 is 5.97 Å². The molecule has 0 aliphatic heterocycles. The van der Waals surface area contributed by atoms with Gasteiger partial charge in [0, 0.05) is 0 Å². The summed E-state index contributed by atoms with van der Waals surface area (Å²) in [6.07, 6.45) is 1.78. The van der Waals surface area contributed by atoms with E-state index in [0.29, 0.717) is 6.61 Å². The van der Waals surface area contributed by atoms with Crippen LogP contribution in [0, 0.1) is 11.3 Å². The molecule has 0 aromatic heterocycles. The van der Waals surface area contributed by atoms with Crippen molar-refractivity contribution in [2.75, 3.05) is 6.61 Å². The van der Waals surface area contributed by atoms with Gasteiger partial charge in [-0.1, -0.05) is 20.8 Å². The van der Waals surface area contributed by atoms with Crippen molar-refractivity contribution in [2.45, 2.75) is 41.5 Å². The van der Waals surface area contributed by atoms with Crippen LogP contribution in [0.15, 0.2) is 17.4 Å². The third-order valence-corrected chi connectivity index (χ3v) is 2.33. The van der Waals surface area contributed by atoms with Gasteiger partial charge in [0.25, 0.3) is 0 Å². The van der Waals surface area contributed by atoms with Crippen LogP contribution >= 0.6 is 0 Å². The Hall–Kier alpha value is -1.01. The summed E-state index contributed by atoms with van der Waals surface area (Å²) >= 11 is 0. The minimum atomic E-state index is -0.220. The van der Waals surface area contributed by atoms with Crippen LogP contribution in [0.4, 0.5) is 0 Å². The van der Waals surface area contributed by atoms with E-state index in [0.717, 1.165) is 5.57 Å². The van der Waals surface area contributed by atoms with Gasteiger partial charge < -0.3 is 4.74 Å². The molecule has 0 saturated heterocycles. The summed E-state index contributed by atoms with van der Waals surface area (Å²) in [5, 5.41) is 0. The van der Waals surface area contributed by atoms with Gasteiger partial charge in [-0.2, -0.15) is 0 Å². The van der Waals surface area contributed by atoms with Crippen molar-refractivity contribution in [3.63, 3.8) is 0 Å². The van der Waals surface area contributed by atoms with E-state index < -0.39 is 0 Å². The number of carbonyl (C=O) groups excluding carboxylic acids is 1. The van der Waals surface area contributed by atoms with Gasteiger partial charge in [0.1, 0.15) is 0 Å². The molecule has 1 atom stereocenters. The van der Waals surface area contributed by atoms with E-state index in [9.17, 15) is 4.79 Å². The third kappa shape index (κ3) is 5.44. The number of hydrogen-bond acceptors (Lipinski definition) is 2. The molecule has 0 aliphatic rings. The van der Waals surface area contributed by atoms with Crippen LogP contribution in [0.1, 0.15) is 41.5 Å². The van der Waals surface area contributed by atoms with E-state index in [4.69, 9.17) is 4.74 Å². The SMILES string of the molecule is CCOC(=O)C(C)C=C=C(C)C(C)(C)C. The molecule has 0 spiro atoms. The second kappa shape index (κ2) is 5.77. The Labute approximate surface area is 93.0 Å². The van der Waals surface area contributed by atoms with Crippen molar-refractivity contribution in [1.82, 2.24) is 0 Å². The van der Waals surface area contributed by atoms with E-state index in [1.54, 1.807) is 6.08 Å². The molecule has 0 aromatic carbocycles. The molecule has 2 heteroatoms. The lowest BCUT2D eigenvalue weighted by atomic mass is 9.88. The summed E-state index contributed by atoms with van der Waals surface area (Å²) in [6, 6.07) is 0. The second-order valence-corrected chi connectivity index (χ2v) is 4.73. The molecule has 0 radical (unpaired) electrons. The number of ether oxygens (including phenoxy) is 1. The van der Waals surface area contributed by atoms with Crippen LogP contribution in [0.25, 0.3) is 0 Å². The highest BCUT2D eigenvalue weighted by Crippen LogP contribution is 2.23. The summed E-state index contributed by atoms with van der Waals surface area (Å²) in [5.74, 6) is -0.408. The number of carbonyl (C=O) groups is 1. The molecule has 86 valence electrons.